The molecule has 0 bridgehead atoms. The number of aromatic nitrogens is 3. The van der Waals surface area contributed by atoms with E-state index in [2.05, 4.69) is 42.3 Å². The SMILES string of the molecule is N#Cc1ccc(Br)cc1Nc1nc(Cl)nc(Cl)n1. The maximum absolute atomic E-state index is 8.99. The van der Waals surface area contributed by atoms with Crippen LogP contribution in [-0.2, 0) is 0 Å². The van der Waals surface area contributed by atoms with Gasteiger partial charge in [-0.25, -0.2) is 0 Å². The number of hydrogen-bond donors (Lipinski definition) is 1. The molecule has 0 saturated heterocycles. The molecule has 90 valence electrons. The van der Waals surface area contributed by atoms with E-state index in [0.29, 0.717) is 11.3 Å². The lowest BCUT2D eigenvalue weighted by atomic mass is 10.2. The molecule has 1 N–H and O–H groups in total. The number of benzene rings is 1. The maximum Gasteiger partial charge on any atom is 0.232 e. The van der Waals surface area contributed by atoms with Crippen LogP contribution in [0.15, 0.2) is 22.7 Å². The molecular weight excluding hydrogens is 341 g/mol. The van der Waals surface area contributed by atoms with Gasteiger partial charge in [0.15, 0.2) is 0 Å². The Labute approximate surface area is 121 Å². The summed E-state index contributed by atoms with van der Waals surface area (Å²) in [6, 6.07) is 7.20. The topological polar surface area (TPSA) is 74.5 Å². The smallest absolute Gasteiger partial charge is 0.232 e. The molecule has 1 aromatic heterocycles. The quantitative estimate of drug-likeness (QED) is 0.901. The monoisotopic (exact) mass is 343 g/mol. The van der Waals surface area contributed by atoms with Crippen LogP contribution in [-0.4, -0.2) is 15.0 Å². The third-order valence-electron chi connectivity index (χ3n) is 1.93. The van der Waals surface area contributed by atoms with E-state index in [4.69, 9.17) is 28.5 Å². The molecule has 1 heterocycles. The van der Waals surface area contributed by atoms with Crippen LogP contribution in [0.1, 0.15) is 5.56 Å². The minimum absolute atomic E-state index is 0.0222. The molecule has 0 radical (unpaired) electrons. The molecule has 0 spiro atoms. The third-order valence-corrected chi connectivity index (χ3v) is 2.76. The van der Waals surface area contributed by atoms with Gasteiger partial charge in [-0.05, 0) is 41.4 Å². The van der Waals surface area contributed by atoms with Crippen molar-refractivity contribution in [1.82, 2.24) is 15.0 Å². The molecule has 0 atom stereocenters. The van der Waals surface area contributed by atoms with Crippen molar-refractivity contribution in [1.29, 1.82) is 5.26 Å². The summed E-state index contributed by atoms with van der Waals surface area (Å²) in [4.78, 5) is 11.3. The number of hydrogen-bond acceptors (Lipinski definition) is 5. The molecule has 2 aromatic rings. The summed E-state index contributed by atoms with van der Waals surface area (Å²) in [5.41, 5.74) is 0.996. The zero-order valence-electron chi connectivity index (χ0n) is 8.65. The summed E-state index contributed by atoms with van der Waals surface area (Å²) in [6.45, 7) is 0. The Balaban J connectivity index is 2.39. The van der Waals surface area contributed by atoms with Crippen LogP contribution in [0.2, 0.25) is 10.6 Å². The Morgan fingerprint density at radius 2 is 1.83 bits per heavy atom. The minimum atomic E-state index is -0.0222. The fraction of sp³-hybridized carbons (Fsp3) is 0. The van der Waals surface area contributed by atoms with Gasteiger partial charge in [0.25, 0.3) is 0 Å². The Kier molecular flexibility index (Phi) is 3.97. The number of rotatable bonds is 2. The van der Waals surface area contributed by atoms with Crippen LogP contribution in [0.4, 0.5) is 11.6 Å². The van der Waals surface area contributed by atoms with Crippen molar-refractivity contribution in [3.8, 4) is 6.07 Å². The van der Waals surface area contributed by atoms with Gasteiger partial charge in [-0.3, -0.25) is 0 Å². The molecule has 0 aliphatic carbocycles. The highest BCUT2D eigenvalue weighted by Gasteiger charge is 2.07. The second kappa shape index (κ2) is 5.48. The lowest BCUT2D eigenvalue weighted by Gasteiger charge is -2.07. The number of nitriles is 1. The van der Waals surface area contributed by atoms with E-state index in [9.17, 15) is 0 Å². The average molecular weight is 345 g/mol. The third kappa shape index (κ3) is 3.07. The summed E-state index contributed by atoms with van der Waals surface area (Å²) >= 11 is 14.6. The Hall–Kier alpha value is -1.42. The zero-order valence-corrected chi connectivity index (χ0v) is 11.8. The standard InChI is InChI=1S/C10H4BrCl2N5/c11-6-2-1-5(4-14)7(3-6)15-10-17-8(12)16-9(13)18-10/h1-3H,(H,15,16,17,18). The lowest BCUT2D eigenvalue weighted by Crippen LogP contribution is -2.01. The first-order valence-electron chi connectivity index (χ1n) is 4.62. The molecular formula is C10H4BrCl2N5. The van der Waals surface area contributed by atoms with Crippen LogP contribution in [0.3, 0.4) is 0 Å². The van der Waals surface area contributed by atoms with Crippen LogP contribution in [0.5, 0.6) is 0 Å². The molecule has 2 rings (SSSR count). The predicted octanol–water partition coefficient (Wildman–Crippen LogP) is 3.56. The minimum Gasteiger partial charge on any atom is -0.323 e. The van der Waals surface area contributed by atoms with Gasteiger partial charge in [0.2, 0.25) is 16.5 Å². The molecule has 18 heavy (non-hydrogen) atoms. The summed E-state index contributed by atoms with van der Waals surface area (Å²) < 4.78 is 0.815. The molecule has 1 aromatic carbocycles. The number of nitrogens with one attached hydrogen (secondary N) is 1. The molecule has 0 fully saturated rings. The largest absolute Gasteiger partial charge is 0.323 e. The highest BCUT2D eigenvalue weighted by atomic mass is 79.9. The first-order chi connectivity index (χ1) is 8.58. The highest BCUT2D eigenvalue weighted by Crippen LogP contribution is 2.23. The Morgan fingerprint density at radius 3 is 2.44 bits per heavy atom. The highest BCUT2D eigenvalue weighted by molar-refractivity contribution is 9.10. The van der Waals surface area contributed by atoms with Gasteiger partial charge in [0, 0.05) is 4.47 Å². The van der Waals surface area contributed by atoms with Crippen molar-refractivity contribution in [3.63, 3.8) is 0 Å². The van der Waals surface area contributed by atoms with Crippen LogP contribution in [0, 0.1) is 11.3 Å². The van der Waals surface area contributed by atoms with Gasteiger partial charge < -0.3 is 5.32 Å². The predicted molar refractivity (Wildman–Crippen MR) is 72.0 cm³/mol. The average Bonchev–Trinajstić information content (AvgIpc) is 2.27. The van der Waals surface area contributed by atoms with Crippen molar-refractivity contribution in [2.45, 2.75) is 0 Å². The van der Waals surface area contributed by atoms with Gasteiger partial charge in [0.05, 0.1) is 11.3 Å². The first kappa shape index (κ1) is 13.0. The molecule has 8 heteroatoms. The van der Waals surface area contributed by atoms with E-state index < -0.39 is 0 Å². The second-order valence-corrected chi connectivity index (χ2v) is 4.72. The van der Waals surface area contributed by atoms with Gasteiger partial charge in [-0.15, -0.1) is 0 Å². The van der Waals surface area contributed by atoms with Crippen molar-refractivity contribution in [2.75, 3.05) is 5.32 Å². The van der Waals surface area contributed by atoms with Gasteiger partial charge in [-0.1, -0.05) is 15.9 Å². The number of anilines is 2. The normalized spacial score (nSPS) is 9.89. The second-order valence-electron chi connectivity index (χ2n) is 3.12. The summed E-state index contributed by atoms with van der Waals surface area (Å²) in [5, 5.41) is 11.8. The van der Waals surface area contributed by atoms with Crippen LogP contribution < -0.4 is 5.32 Å². The van der Waals surface area contributed by atoms with Gasteiger partial charge in [-0.2, -0.15) is 20.2 Å². The van der Waals surface area contributed by atoms with Crippen molar-refractivity contribution >= 4 is 50.8 Å². The fourth-order valence-corrected chi connectivity index (χ4v) is 1.94. The van der Waals surface area contributed by atoms with E-state index in [1.807, 2.05) is 0 Å². The first-order valence-corrected chi connectivity index (χ1v) is 6.17. The lowest BCUT2D eigenvalue weighted by molar-refractivity contribution is 1.05. The van der Waals surface area contributed by atoms with E-state index in [1.54, 1.807) is 18.2 Å². The van der Waals surface area contributed by atoms with Gasteiger partial charge in [0.1, 0.15) is 6.07 Å². The Morgan fingerprint density at radius 1 is 1.17 bits per heavy atom. The molecule has 0 amide bonds. The molecule has 0 saturated carbocycles. The summed E-state index contributed by atoms with van der Waals surface area (Å²) in [6.07, 6.45) is 0. The summed E-state index contributed by atoms with van der Waals surface area (Å²) in [7, 11) is 0. The zero-order chi connectivity index (χ0) is 13.1. The van der Waals surface area contributed by atoms with Crippen molar-refractivity contribution < 1.29 is 0 Å². The van der Waals surface area contributed by atoms with Gasteiger partial charge >= 0.3 is 0 Å². The summed E-state index contributed by atoms with van der Waals surface area (Å²) in [5.74, 6) is 0.176. The fourth-order valence-electron chi connectivity index (χ4n) is 1.22. The van der Waals surface area contributed by atoms with Crippen molar-refractivity contribution in [3.05, 3.63) is 38.8 Å². The van der Waals surface area contributed by atoms with E-state index in [-0.39, 0.29) is 16.5 Å². The maximum atomic E-state index is 8.99. The number of halogens is 3. The van der Waals surface area contributed by atoms with Crippen LogP contribution in [0.25, 0.3) is 0 Å². The van der Waals surface area contributed by atoms with Crippen LogP contribution >= 0.6 is 39.1 Å². The van der Waals surface area contributed by atoms with E-state index >= 15 is 0 Å². The van der Waals surface area contributed by atoms with E-state index in [0.717, 1.165) is 4.47 Å². The molecule has 0 aliphatic heterocycles. The number of nitrogens with zero attached hydrogens (tertiary/aromatic N) is 4. The molecule has 0 unspecified atom stereocenters. The van der Waals surface area contributed by atoms with Crippen molar-refractivity contribution in [2.24, 2.45) is 0 Å². The van der Waals surface area contributed by atoms with E-state index in [1.165, 1.54) is 0 Å². The molecule has 0 aliphatic rings. The molecule has 5 nitrogen and oxygen atoms in total. The Bertz CT molecular complexity index is 620.